The maximum absolute atomic E-state index is 12.8. The Hall–Kier alpha value is -1.40. The Morgan fingerprint density at radius 1 is 0.810 bits per heavy atom. The van der Waals surface area contributed by atoms with Crippen molar-refractivity contribution < 1.29 is 26.3 Å². The molecular weight excluding hydrogens is 296 g/mol. The minimum atomic E-state index is -4.80. The molecule has 0 radical (unpaired) electrons. The predicted molar refractivity (Wildman–Crippen MR) is 67.1 cm³/mol. The van der Waals surface area contributed by atoms with E-state index in [9.17, 15) is 26.3 Å². The molecule has 0 bridgehead atoms. The second-order valence-electron chi connectivity index (χ2n) is 5.45. The molecule has 0 saturated carbocycles. The van der Waals surface area contributed by atoms with Crippen LogP contribution in [0, 0.1) is 0 Å². The lowest BCUT2D eigenvalue weighted by molar-refractivity contribution is -0.143. The van der Waals surface area contributed by atoms with Crippen LogP contribution >= 0.6 is 0 Å². The summed E-state index contributed by atoms with van der Waals surface area (Å²) in [6, 6.07) is 1.60. The van der Waals surface area contributed by atoms with E-state index in [1.165, 1.54) is 0 Å². The molecule has 0 aliphatic carbocycles. The average Bonchev–Trinajstić information content (AvgIpc) is 2.66. The van der Waals surface area contributed by atoms with Crippen LogP contribution in [0.2, 0.25) is 0 Å². The number of nitrogens with zero attached hydrogens (tertiary/aromatic N) is 1. The summed E-state index contributed by atoms with van der Waals surface area (Å²) in [6.07, 6.45) is -8.11. The SMILES string of the molecule is C[C@@H]1CC[C@@H](C)N1c1cc(C(F)(F)F)cc(C(F)(F)F)c1. The summed E-state index contributed by atoms with van der Waals surface area (Å²) in [6.45, 7) is 3.61. The summed E-state index contributed by atoms with van der Waals surface area (Å²) in [5.74, 6) is 0. The van der Waals surface area contributed by atoms with Crippen LogP contribution in [0.15, 0.2) is 18.2 Å². The fourth-order valence-corrected chi connectivity index (χ4v) is 2.79. The molecule has 0 amide bonds. The lowest BCUT2D eigenvalue weighted by atomic mass is 10.1. The Balaban J connectivity index is 2.55. The van der Waals surface area contributed by atoms with Crippen molar-refractivity contribution in [1.29, 1.82) is 0 Å². The number of hydrogen-bond donors (Lipinski definition) is 0. The van der Waals surface area contributed by atoms with Crippen molar-refractivity contribution in [2.24, 2.45) is 0 Å². The molecule has 0 spiro atoms. The Morgan fingerprint density at radius 2 is 1.19 bits per heavy atom. The van der Waals surface area contributed by atoms with Gasteiger partial charge in [-0.1, -0.05) is 0 Å². The van der Waals surface area contributed by atoms with Gasteiger partial charge >= 0.3 is 12.4 Å². The summed E-state index contributed by atoms with van der Waals surface area (Å²) < 4.78 is 77.0. The standard InChI is InChI=1S/C14H15F6N/c1-8-3-4-9(2)21(8)12-6-10(13(15,16)17)5-11(7-12)14(18,19)20/h5-9H,3-4H2,1-2H3/t8-,9-/m1/s1. The van der Waals surface area contributed by atoms with Crippen molar-refractivity contribution in [3.8, 4) is 0 Å². The lowest BCUT2D eigenvalue weighted by Gasteiger charge is -2.30. The van der Waals surface area contributed by atoms with Gasteiger partial charge in [0.05, 0.1) is 11.1 Å². The quantitative estimate of drug-likeness (QED) is 0.652. The van der Waals surface area contributed by atoms with E-state index in [0.29, 0.717) is 0 Å². The Bertz CT molecular complexity index is 477. The number of alkyl halides is 6. The zero-order chi connectivity index (χ0) is 16.0. The molecule has 1 aliphatic rings. The van der Waals surface area contributed by atoms with E-state index in [4.69, 9.17) is 0 Å². The highest BCUT2D eigenvalue weighted by Crippen LogP contribution is 2.40. The average molecular weight is 311 g/mol. The van der Waals surface area contributed by atoms with Gasteiger partial charge in [0.25, 0.3) is 0 Å². The third-order valence-corrected chi connectivity index (χ3v) is 3.82. The van der Waals surface area contributed by atoms with Gasteiger partial charge in [0.15, 0.2) is 0 Å². The molecule has 0 aromatic heterocycles. The molecule has 21 heavy (non-hydrogen) atoms. The maximum atomic E-state index is 12.8. The van der Waals surface area contributed by atoms with Gasteiger partial charge < -0.3 is 4.90 Å². The third kappa shape index (κ3) is 3.27. The van der Waals surface area contributed by atoms with E-state index in [0.717, 1.165) is 25.0 Å². The highest BCUT2D eigenvalue weighted by Gasteiger charge is 2.38. The highest BCUT2D eigenvalue weighted by molar-refractivity contribution is 5.55. The monoisotopic (exact) mass is 311 g/mol. The van der Waals surface area contributed by atoms with Crippen LogP contribution in [-0.2, 0) is 12.4 Å². The van der Waals surface area contributed by atoms with Crippen molar-refractivity contribution in [2.45, 2.75) is 51.1 Å². The molecule has 1 heterocycles. The molecule has 1 aromatic carbocycles. The van der Waals surface area contributed by atoms with E-state index >= 15 is 0 Å². The van der Waals surface area contributed by atoms with Crippen molar-refractivity contribution in [1.82, 2.24) is 0 Å². The van der Waals surface area contributed by atoms with Gasteiger partial charge in [-0.15, -0.1) is 0 Å². The van der Waals surface area contributed by atoms with Gasteiger partial charge in [0, 0.05) is 17.8 Å². The number of anilines is 1. The van der Waals surface area contributed by atoms with Gasteiger partial charge in [-0.25, -0.2) is 0 Å². The summed E-state index contributed by atoms with van der Waals surface area (Å²) in [4.78, 5) is 1.63. The number of halogens is 6. The molecular formula is C14H15F6N. The summed E-state index contributed by atoms with van der Waals surface area (Å²) in [5.41, 5.74) is -2.55. The lowest BCUT2D eigenvalue weighted by Crippen LogP contribution is -2.33. The van der Waals surface area contributed by atoms with E-state index in [1.807, 2.05) is 0 Å². The number of rotatable bonds is 1. The Morgan fingerprint density at radius 3 is 1.52 bits per heavy atom. The van der Waals surface area contributed by atoms with Crippen molar-refractivity contribution in [3.63, 3.8) is 0 Å². The first-order chi connectivity index (χ1) is 9.50. The van der Waals surface area contributed by atoms with Crippen molar-refractivity contribution >= 4 is 5.69 Å². The van der Waals surface area contributed by atoms with Gasteiger partial charge in [0.2, 0.25) is 0 Å². The largest absolute Gasteiger partial charge is 0.416 e. The zero-order valence-electron chi connectivity index (χ0n) is 11.5. The van der Waals surface area contributed by atoms with Gasteiger partial charge in [-0.2, -0.15) is 26.3 Å². The van der Waals surface area contributed by atoms with E-state index in [1.54, 1.807) is 18.7 Å². The first kappa shape index (κ1) is 16.0. The summed E-state index contributed by atoms with van der Waals surface area (Å²) in [7, 11) is 0. The zero-order valence-corrected chi connectivity index (χ0v) is 11.5. The highest BCUT2D eigenvalue weighted by atomic mass is 19.4. The minimum absolute atomic E-state index is 0.0188. The van der Waals surface area contributed by atoms with Gasteiger partial charge in [0.1, 0.15) is 0 Å². The van der Waals surface area contributed by atoms with Crippen LogP contribution in [0.4, 0.5) is 32.0 Å². The van der Waals surface area contributed by atoms with E-state index in [2.05, 4.69) is 0 Å². The molecule has 1 aromatic rings. The molecule has 7 heteroatoms. The van der Waals surface area contributed by atoms with E-state index < -0.39 is 23.5 Å². The van der Waals surface area contributed by atoms with E-state index in [-0.39, 0.29) is 23.8 Å². The van der Waals surface area contributed by atoms with Crippen LogP contribution < -0.4 is 4.90 Å². The smallest absolute Gasteiger partial charge is 0.366 e. The van der Waals surface area contributed by atoms with Crippen molar-refractivity contribution in [2.75, 3.05) is 4.90 Å². The first-order valence-corrected chi connectivity index (χ1v) is 6.58. The Labute approximate surface area is 118 Å². The first-order valence-electron chi connectivity index (χ1n) is 6.58. The number of hydrogen-bond acceptors (Lipinski definition) is 1. The third-order valence-electron chi connectivity index (χ3n) is 3.82. The minimum Gasteiger partial charge on any atom is -0.366 e. The molecule has 2 atom stereocenters. The van der Waals surface area contributed by atoms with Gasteiger partial charge in [-0.05, 0) is 44.9 Å². The summed E-state index contributed by atoms with van der Waals surface area (Å²) in [5, 5.41) is 0. The van der Waals surface area contributed by atoms with Crippen LogP contribution in [-0.4, -0.2) is 12.1 Å². The molecule has 118 valence electrons. The van der Waals surface area contributed by atoms with Gasteiger partial charge in [-0.3, -0.25) is 0 Å². The molecule has 1 aliphatic heterocycles. The molecule has 2 rings (SSSR count). The second-order valence-corrected chi connectivity index (χ2v) is 5.45. The number of benzene rings is 1. The Kier molecular flexibility index (Phi) is 3.88. The topological polar surface area (TPSA) is 3.24 Å². The molecule has 1 fully saturated rings. The van der Waals surface area contributed by atoms with Crippen LogP contribution in [0.1, 0.15) is 37.8 Å². The van der Waals surface area contributed by atoms with Crippen LogP contribution in [0.5, 0.6) is 0 Å². The van der Waals surface area contributed by atoms with Crippen LogP contribution in [0.25, 0.3) is 0 Å². The molecule has 0 N–H and O–H groups in total. The van der Waals surface area contributed by atoms with Crippen molar-refractivity contribution in [3.05, 3.63) is 29.3 Å². The molecule has 1 saturated heterocycles. The molecule has 0 unspecified atom stereocenters. The van der Waals surface area contributed by atoms with Crippen LogP contribution in [0.3, 0.4) is 0 Å². The second kappa shape index (κ2) is 5.10. The maximum Gasteiger partial charge on any atom is 0.416 e. The molecule has 1 nitrogen and oxygen atoms in total. The fourth-order valence-electron chi connectivity index (χ4n) is 2.79. The predicted octanol–water partition coefficient (Wildman–Crippen LogP) is 5.10. The fraction of sp³-hybridized carbons (Fsp3) is 0.571. The normalized spacial score (nSPS) is 23.7. The summed E-state index contributed by atoms with van der Waals surface area (Å²) >= 11 is 0.